The van der Waals surface area contributed by atoms with Crippen LogP contribution in [0.3, 0.4) is 0 Å². The number of ether oxygens (including phenoxy) is 2. The highest BCUT2D eigenvalue weighted by atomic mass is 35.5. The molecule has 0 heterocycles. The zero-order valence-electron chi connectivity index (χ0n) is 11.7. The lowest BCUT2D eigenvalue weighted by molar-refractivity contribution is -0.115. The molecule has 0 atom stereocenters. The molecule has 2 aliphatic carbocycles. The van der Waals surface area contributed by atoms with E-state index in [2.05, 4.69) is 0 Å². The molecular weight excluding hydrogens is 288 g/mol. The van der Waals surface area contributed by atoms with E-state index >= 15 is 0 Å². The van der Waals surface area contributed by atoms with Gasteiger partial charge in [0.2, 0.25) is 5.78 Å². The lowest BCUT2D eigenvalue weighted by Gasteiger charge is -2.14. The smallest absolute Gasteiger partial charge is 0.228 e. The Hall–Kier alpha value is -2.00. The fourth-order valence-corrected chi connectivity index (χ4v) is 2.61. The van der Waals surface area contributed by atoms with Gasteiger partial charge in [-0.2, -0.15) is 0 Å². The fourth-order valence-electron chi connectivity index (χ4n) is 2.53. The Bertz CT molecular complexity index is 683. The number of alkyl halides is 1. The monoisotopic (exact) mass is 302 g/mol. The summed E-state index contributed by atoms with van der Waals surface area (Å²) in [6, 6.07) is 5.80. The van der Waals surface area contributed by atoms with Crippen molar-refractivity contribution in [2.45, 2.75) is 6.92 Å². The van der Waals surface area contributed by atoms with Crippen molar-refractivity contribution in [2.75, 3.05) is 19.1 Å². The average molecular weight is 303 g/mol. The van der Waals surface area contributed by atoms with Gasteiger partial charge in [0, 0.05) is 5.57 Å². The van der Waals surface area contributed by atoms with Crippen molar-refractivity contribution in [3.8, 4) is 5.75 Å². The van der Waals surface area contributed by atoms with Gasteiger partial charge >= 0.3 is 0 Å². The number of carbonyl (C=O) groups is 1. The topological polar surface area (TPSA) is 35.5 Å². The van der Waals surface area contributed by atoms with Gasteiger partial charge in [0.1, 0.15) is 12.4 Å². The number of benzene rings is 1. The number of rotatable bonds is 5. The van der Waals surface area contributed by atoms with Crippen LogP contribution in [0.4, 0.5) is 0 Å². The maximum absolute atomic E-state index is 12.4. The van der Waals surface area contributed by atoms with E-state index in [1.54, 1.807) is 6.08 Å². The number of hydrogen-bond donors (Lipinski definition) is 0. The summed E-state index contributed by atoms with van der Waals surface area (Å²) in [6.07, 6.45) is 5.57. The van der Waals surface area contributed by atoms with Crippen molar-refractivity contribution in [3.05, 3.63) is 52.8 Å². The highest BCUT2D eigenvalue weighted by Crippen LogP contribution is 2.40. The van der Waals surface area contributed by atoms with Gasteiger partial charge in [-0.25, -0.2) is 0 Å². The maximum atomic E-state index is 12.4. The molecule has 0 spiro atoms. The third-order valence-corrected chi connectivity index (χ3v) is 3.57. The second-order valence-electron chi connectivity index (χ2n) is 4.72. The molecule has 0 bridgehead atoms. The van der Waals surface area contributed by atoms with Crippen LogP contribution in [-0.4, -0.2) is 24.9 Å². The summed E-state index contributed by atoms with van der Waals surface area (Å²) in [5, 5.41) is 0. The zero-order chi connectivity index (χ0) is 14.8. The molecule has 0 saturated carbocycles. The first-order chi connectivity index (χ1) is 10.2. The zero-order valence-corrected chi connectivity index (χ0v) is 12.4. The first kappa shape index (κ1) is 14.0. The standard InChI is InChI=1S/C17H15ClO3/c1-2-20-16-6-5-14-13-4-3-12(21-8-7-18)9-11(13)10-15(14)17(16)19/h3-6,9-10H,2,7-8H2,1H3. The van der Waals surface area contributed by atoms with Crippen LogP contribution < -0.4 is 4.74 Å². The molecule has 1 aromatic rings. The van der Waals surface area contributed by atoms with Crippen LogP contribution in [-0.2, 0) is 9.53 Å². The molecule has 3 nitrogen and oxygen atoms in total. The number of ketones is 1. The minimum Gasteiger partial charge on any atom is -0.492 e. The first-order valence-corrected chi connectivity index (χ1v) is 7.42. The molecule has 108 valence electrons. The molecule has 0 saturated heterocycles. The summed E-state index contributed by atoms with van der Waals surface area (Å²) in [5.74, 6) is 1.55. The quantitative estimate of drug-likeness (QED) is 0.780. The lowest BCUT2D eigenvalue weighted by Crippen LogP contribution is -2.12. The Morgan fingerprint density at radius 3 is 2.76 bits per heavy atom. The van der Waals surface area contributed by atoms with E-state index in [9.17, 15) is 4.79 Å². The molecule has 0 unspecified atom stereocenters. The first-order valence-electron chi connectivity index (χ1n) is 6.89. The highest BCUT2D eigenvalue weighted by molar-refractivity contribution is 6.25. The van der Waals surface area contributed by atoms with Crippen LogP contribution in [0, 0.1) is 0 Å². The number of hydrogen-bond acceptors (Lipinski definition) is 3. The Labute approximate surface area is 128 Å². The van der Waals surface area contributed by atoms with E-state index in [1.165, 1.54) is 0 Å². The van der Waals surface area contributed by atoms with E-state index in [1.807, 2.05) is 37.3 Å². The van der Waals surface area contributed by atoms with Crippen molar-refractivity contribution in [1.29, 1.82) is 0 Å². The van der Waals surface area contributed by atoms with Crippen LogP contribution in [0.25, 0.3) is 11.6 Å². The van der Waals surface area contributed by atoms with E-state index < -0.39 is 0 Å². The second kappa shape index (κ2) is 5.78. The minimum absolute atomic E-state index is 0.0613. The lowest BCUT2D eigenvalue weighted by atomic mass is 9.95. The van der Waals surface area contributed by atoms with Gasteiger partial charge in [-0.15, -0.1) is 11.6 Å². The van der Waals surface area contributed by atoms with Crippen LogP contribution in [0.2, 0.25) is 0 Å². The molecule has 1 aromatic carbocycles. The van der Waals surface area contributed by atoms with Gasteiger partial charge in [-0.1, -0.05) is 6.07 Å². The van der Waals surface area contributed by atoms with Crippen LogP contribution in [0.5, 0.6) is 5.75 Å². The molecule has 0 fully saturated rings. The molecule has 21 heavy (non-hydrogen) atoms. The van der Waals surface area contributed by atoms with Crippen molar-refractivity contribution < 1.29 is 14.3 Å². The Kier molecular flexibility index (Phi) is 3.84. The Morgan fingerprint density at radius 2 is 2.00 bits per heavy atom. The van der Waals surface area contributed by atoms with Gasteiger partial charge in [0.25, 0.3) is 0 Å². The number of fused-ring (bicyclic) bond motifs is 3. The van der Waals surface area contributed by atoms with Crippen molar-refractivity contribution in [1.82, 2.24) is 0 Å². The number of carbonyl (C=O) groups excluding carboxylic acids is 1. The fraction of sp³-hybridized carbons (Fsp3) is 0.235. The number of halogens is 1. The summed E-state index contributed by atoms with van der Waals surface area (Å²) < 4.78 is 10.9. The Morgan fingerprint density at radius 1 is 1.14 bits per heavy atom. The molecule has 3 rings (SSSR count). The molecule has 2 aliphatic rings. The summed E-state index contributed by atoms with van der Waals surface area (Å²) in [4.78, 5) is 12.4. The van der Waals surface area contributed by atoms with E-state index in [0.29, 0.717) is 30.4 Å². The van der Waals surface area contributed by atoms with E-state index in [4.69, 9.17) is 21.1 Å². The summed E-state index contributed by atoms with van der Waals surface area (Å²) in [7, 11) is 0. The minimum atomic E-state index is -0.0613. The van der Waals surface area contributed by atoms with Crippen LogP contribution in [0.15, 0.2) is 41.7 Å². The largest absolute Gasteiger partial charge is 0.492 e. The number of allylic oxidation sites excluding steroid dienone is 4. The van der Waals surface area contributed by atoms with Crippen molar-refractivity contribution in [3.63, 3.8) is 0 Å². The van der Waals surface area contributed by atoms with Gasteiger partial charge in [-0.3, -0.25) is 4.79 Å². The van der Waals surface area contributed by atoms with Gasteiger partial charge in [0.15, 0.2) is 5.76 Å². The number of Topliss-reactive ketones (excluding diaryl/α,β-unsaturated/α-hetero) is 1. The van der Waals surface area contributed by atoms with Gasteiger partial charge in [0.05, 0.1) is 12.5 Å². The molecular formula is C17H15ClO3. The summed E-state index contributed by atoms with van der Waals surface area (Å²) in [5.41, 5.74) is 3.67. The molecule has 4 heteroatoms. The maximum Gasteiger partial charge on any atom is 0.228 e. The van der Waals surface area contributed by atoms with Gasteiger partial charge in [-0.05, 0) is 54.0 Å². The molecule has 0 aromatic heterocycles. The van der Waals surface area contributed by atoms with Crippen molar-refractivity contribution in [2.24, 2.45) is 0 Å². The van der Waals surface area contributed by atoms with Crippen LogP contribution >= 0.6 is 11.6 Å². The van der Waals surface area contributed by atoms with Gasteiger partial charge < -0.3 is 9.47 Å². The predicted molar refractivity (Wildman–Crippen MR) is 83.3 cm³/mol. The molecule has 0 aliphatic heterocycles. The predicted octanol–water partition coefficient (Wildman–Crippen LogP) is 3.59. The molecule has 0 amide bonds. The van der Waals surface area contributed by atoms with Crippen LogP contribution in [0.1, 0.15) is 18.1 Å². The normalized spacial score (nSPS) is 15.7. The average Bonchev–Trinajstić information content (AvgIpc) is 2.87. The second-order valence-corrected chi connectivity index (χ2v) is 5.10. The highest BCUT2D eigenvalue weighted by Gasteiger charge is 2.29. The SMILES string of the molecule is CCOC1=CC=C2C(=Cc3cc(OCCCl)ccc32)C1=O. The summed E-state index contributed by atoms with van der Waals surface area (Å²) in [6.45, 7) is 2.82. The van der Waals surface area contributed by atoms with E-state index in [-0.39, 0.29) is 5.78 Å². The molecule has 0 radical (unpaired) electrons. The molecule has 0 N–H and O–H groups in total. The Balaban J connectivity index is 1.94. The third-order valence-electron chi connectivity index (χ3n) is 3.42. The van der Waals surface area contributed by atoms with Crippen molar-refractivity contribution >= 4 is 29.0 Å². The van der Waals surface area contributed by atoms with E-state index in [0.717, 1.165) is 22.4 Å². The summed E-state index contributed by atoms with van der Waals surface area (Å²) >= 11 is 5.62. The third kappa shape index (κ3) is 2.49.